The van der Waals surface area contributed by atoms with Crippen LogP contribution in [0.5, 0.6) is 0 Å². The highest BCUT2D eigenvalue weighted by Gasteiger charge is 2.12. The molecule has 0 aromatic rings. The van der Waals surface area contributed by atoms with Crippen LogP contribution in [-0.2, 0) is 9.53 Å². The standard InChI is InChI=1S/C11H20N2O3/c1-7(2)9(5-13-8(3)4)11(12)16-6-10(14)15/h5,7-8,12-13H,6H2,1-4H3,(H,14,15)/b9-5-,12-11?. The zero-order valence-corrected chi connectivity index (χ0v) is 10.2. The van der Waals surface area contributed by atoms with Crippen LogP contribution in [0.2, 0.25) is 0 Å². The Morgan fingerprint density at radius 2 is 2.00 bits per heavy atom. The van der Waals surface area contributed by atoms with Gasteiger partial charge in [-0.15, -0.1) is 0 Å². The summed E-state index contributed by atoms with van der Waals surface area (Å²) >= 11 is 0. The molecular weight excluding hydrogens is 208 g/mol. The lowest BCUT2D eigenvalue weighted by Crippen LogP contribution is -2.22. The van der Waals surface area contributed by atoms with Gasteiger partial charge in [0.05, 0.1) is 0 Å². The Bertz CT molecular complexity index is 283. The summed E-state index contributed by atoms with van der Waals surface area (Å²) in [6, 6.07) is 0.265. The SMILES string of the molecule is CC(C)N/C=C(\C(=N)OCC(=O)O)C(C)C. The van der Waals surface area contributed by atoms with Crippen LogP contribution < -0.4 is 5.32 Å². The minimum absolute atomic E-state index is 0.0921. The third kappa shape index (κ3) is 6.06. The predicted molar refractivity (Wildman–Crippen MR) is 62.5 cm³/mol. The molecule has 0 unspecified atom stereocenters. The van der Waals surface area contributed by atoms with Crippen LogP contribution in [0, 0.1) is 11.3 Å². The highest BCUT2D eigenvalue weighted by molar-refractivity contribution is 5.92. The number of carboxylic acids is 1. The number of carbonyl (C=O) groups is 1. The minimum atomic E-state index is -1.08. The van der Waals surface area contributed by atoms with E-state index < -0.39 is 12.6 Å². The van der Waals surface area contributed by atoms with Gasteiger partial charge < -0.3 is 15.2 Å². The van der Waals surface area contributed by atoms with Crippen molar-refractivity contribution >= 4 is 11.9 Å². The summed E-state index contributed by atoms with van der Waals surface area (Å²) in [4.78, 5) is 10.3. The smallest absolute Gasteiger partial charge is 0.341 e. The predicted octanol–water partition coefficient (Wildman–Crippen LogP) is 1.60. The highest BCUT2D eigenvalue weighted by atomic mass is 16.5. The van der Waals surface area contributed by atoms with E-state index in [9.17, 15) is 4.79 Å². The Kier molecular flexibility index (Phi) is 6.22. The molecule has 0 radical (unpaired) electrons. The molecule has 0 saturated heterocycles. The first-order valence-electron chi connectivity index (χ1n) is 5.24. The number of ether oxygens (including phenoxy) is 1. The second-order valence-electron chi connectivity index (χ2n) is 4.09. The van der Waals surface area contributed by atoms with Crippen molar-refractivity contribution < 1.29 is 14.6 Å². The maximum Gasteiger partial charge on any atom is 0.341 e. The fourth-order valence-corrected chi connectivity index (χ4v) is 0.968. The van der Waals surface area contributed by atoms with Crippen molar-refractivity contribution in [2.24, 2.45) is 5.92 Å². The largest absolute Gasteiger partial charge is 0.479 e. The van der Waals surface area contributed by atoms with E-state index in [1.165, 1.54) is 0 Å². The minimum Gasteiger partial charge on any atom is -0.479 e. The number of aliphatic carboxylic acids is 1. The average Bonchev–Trinajstić information content (AvgIpc) is 2.13. The van der Waals surface area contributed by atoms with E-state index in [1.807, 2.05) is 27.7 Å². The Hall–Kier alpha value is -1.52. The van der Waals surface area contributed by atoms with Gasteiger partial charge in [-0.2, -0.15) is 0 Å². The molecular formula is C11H20N2O3. The second-order valence-corrected chi connectivity index (χ2v) is 4.09. The van der Waals surface area contributed by atoms with Crippen molar-refractivity contribution in [3.63, 3.8) is 0 Å². The molecule has 0 rings (SSSR count). The van der Waals surface area contributed by atoms with Crippen LogP contribution in [0.1, 0.15) is 27.7 Å². The van der Waals surface area contributed by atoms with Crippen LogP contribution in [0.4, 0.5) is 0 Å². The van der Waals surface area contributed by atoms with Crippen LogP contribution in [0.25, 0.3) is 0 Å². The van der Waals surface area contributed by atoms with E-state index in [-0.39, 0.29) is 17.9 Å². The lowest BCUT2D eigenvalue weighted by Gasteiger charge is -2.14. The molecule has 0 aliphatic heterocycles. The van der Waals surface area contributed by atoms with Crippen molar-refractivity contribution in [1.82, 2.24) is 5.32 Å². The van der Waals surface area contributed by atoms with Gasteiger partial charge in [0.15, 0.2) is 6.61 Å². The second kappa shape index (κ2) is 6.87. The lowest BCUT2D eigenvalue weighted by atomic mass is 10.0. The Labute approximate surface area is 96.0 Å². The van der Waals surface area contributed by atoms with E-state index in [1.54, 1.807) is 6.20 Å². The zero-order valence-electron chi connectivity index (χ0n) is 10.2. The van der Waals surface area contributed by atoms with Crippen LogP contribution in [0.15, 0.2) is 11.8 Å². The average molecular weight is 228 g/mol. The summed E-state index contributed by atoms with van der Waals surface area (Å²) < 4.78 is 4.83. The summed E-state index contributed by atoms with van der Waals surface area (Å²) in [5, 5.41) is 19.1. The quantitative estimate of drug-likeness (QED) is 0.476. The molecule has 0 bridgehead atoms. The first-order chi connectivity index (χ1) is 7.34. The molecule has 0 aromatic carbocycles. The number of carboxylic acid groups (broad SMARTS) is 1. The van der Waals surface area contributed by atoms with Crippen LogP contribution in [-0.4, -0.2) is 29.6 Å². The van der Waals surface area contributed by atoms with Gasteiger partial charge in [0, 0.05) is 17.8 Å². The third-order valence-corrected chi connectivity index (χ3v) is 1.80. The first kappa shape index (κ1) is 14.5. The normalized spacial score (nSPS) is 11.8. The van der Waals surface area contributed by atoms with Crippen molar-refractivity contribution in [1.29, 1.82) is 5.41 Å². The molecule has 0 aromatic heterocycles. The summed E-state index contributed by atoms with van der Waals surface area (Å²) in [6.45, 7) is 7.33. The summed E-state index contributed by atoms with van der Waals surface area (Å²) in [6.07, 6.45) is 1.71. The van der Waals surface area contributed by atoms with E-state index >= 15 is 0 Å². The number of hydrogen-bond donors (Lipinski definition) is 3. The zero-order chi connectivity index (χ0) is 12.7. The van der Waals surface area contributed by atoms with Crippen LogP contribution in [0.3, 0.4) is 0 Å². The van der Waals surface area contributed by atoms with E-state index in [0.29, 0.717) is 5.57 Å². The van der Waals surface area contributed by atoms with Crippen molar-refractivity contribution in [3.05, 3.63) is 11.8 Å². The van der Waals surface area contributed by atoms with Gasteiger partial charge in [-0.25, -0.2) is 4.79 Å². The Morgan fingerprint density at radius 1 is 1.44 bits per heavy atom. The van der Waals surface area contributed by atoms with Crippen molar-refractivity contribution in [2.75, 3.05) is 6.61 Å². The molecule has 5 heteroatoms. The molecule has 5 nitrogen and oxygen atoms in total. The van der Waals surface area contributed by atoms with Gasteiger partial charge >= 0.3 is 5.97 Å². The Balaban J connectivity index is 4.47. The number of rotatable bonds is 6. The number of nitrogens with one attached hydrogen (secondary N) is 2. The van der Waals surface area contributed by atoms with Gasteiger partial charge in [-0.05, 0) is 19.8 Å². The molecule has 0 aliphatic rings. The molecule has 0 heterocycles. The first-order valence-corrected chi connectivity index (χ1v) is 5.24. The van der Waals surface area contributed by atoms with E-state index in [2.05, 4.69) is 5.32 Å². The summed E-state index contributed by atoms with van der Waals surface area (Å²) in [5.41, 5.74) is 0.662. The molecule has 0 aliphatic carbocycles. The van der Waals surface area contributed by atoms with Gasteiger partial charge in [0.1, 0.15) is 0 Å². The van der Waals surface area contributed by atoms with E-state index in [4.69, 9.17) is 15.3 Å². The van der Waals surface area contributed by atoms with Crippen molar-refractivity contribution in [2.45, 2.75) is 33.7 Å². The maximum atomic E-state index is 10.3. The number of hydrogen-bond acceptors (Lipinski definition) is 4. The molecule has 0 fully saturated rings. The summed E-state index contributed by atoms with van der Waals surface area (Å²) in [7, 11) is 0. The highest BCUT2D eigenvalue weighted by Crippen LogP contribution is 2.10. The third-order valence-electron chi connectivity index (χ3n) is 1.80. The van der Waals surface area contributed by atoms with E-state index in [0.717, 1.165) is 0 Å². The summed E-state index contributed by atoms with van der Waals surface area (Å²) in [5.74, 6) is -1.07. The topological polar surface area (TPSA) is 82.4 Å². The Morgan fingerprint density at radius 3 is 2.38 bits per heavy atom. The van der Waals surface area contributed by atoms with Gasteiger partial charge in [0.2, 0.25) is 5.90 Å². The maximum absolute atomic E-state index is 10.3. The molecule has 16 heavy (non-hydrogen) atoms. The lowest BCUT2D eigenvalue weighted by molar-refractivity contribution is -0.139. The van der Waals surface area contributed by atoms with Gasteiger partial charge in [-0.1, -0.05) is 13.8 Å². The van der Waals surface area contributed by atoms with Gasteiger partial charge in [-0.3, -0.25) is 5.41 Å². The monoisotopic (exact) mass is 228 g/mol. The fraction of sp³-hybridized carbons (Fsp3) is 0.636. The fourth-order valence-electron chi connectivity index (χ4n) is 0.968. The molecule has 0 spiro atoms. The van der Waals surface area contributed by atoms with Crippen molar-refractivity contribution in [3.8, 4) is 0 Å². The van der Waals surface area contributed by atoms with Gasteiger partial charge in [0.25, 0.3) is 0 Å². The molecule has 3 N–H and O–H groups in total. The molecule has 92 valence electrons. The molecule has 0 atom stereocenters. The van der Waals surface area contributed by atoms with Crippen LogP contribution >= 0.6 is 0 Å². The molecule has 0 amide bonds. The molecule has 0 saturated carbocycles.